The third-order valence-corrected chi connectivity index (χ3v) is 3.56. The van der Waals surface area contributed by atoms with Crippen LogP contribution in [0.1, 0.15) is 16.2 Å². The zero-order valence-electron chi connectivity index (χ0n) is 12.7. The standard InChI is InChI=1S/C16H12N4O5/c21-15(17-9-10-5-7-11(8-6-10)20(24)25)14-18-13-4-2-1-3-12(13)16(22)19(14)23/h1-8,23H,9H2,(H,17,21). The number of nitrogens with zero attached hydrogens (tertiary/aromatic N) is 3. The van der Waals surface area contributed by atoms with Crippen molar-refractivity contribution in [2.24, 2.45) is 0 Å². The predicted molar refractivity (Wildman–Crippen MR) is 87.5 cm³/mol. The first-order valence-corrected chi connectivity index (χ1v) is 7.20. The van der Waals surface area contributed by atoms with Gasteiger partial charge in [0.2, 0.25) is 5.82 Å². The number of carbonyl (C=O) groups is 1. The maximum atomic E-state index is 12.2. The molecule has 9 heteroatoms. The van der Waals surface area contributed by atoms with E-state index in [4.69, 9.17) is 0 Å². The first-order valence-electron chi connectivity index (χ1n) is 7.20. The van der Waals surface area contributed by atoms with E-state index in [1.165, 1.54) is 30.3 Å². The van der Waals surface area contributed by atoms with Crippen LogP contribution in [0, 0.1) is 10.1 Å². The summed E-state index contributed by atoms with van der Waals surface area (Å²) in [5.74, 6) is -1.19. The van der Waals surface area contributed by atoms with Crippen LogP contribution in [0.2, 0.25) is 0 Å². The average Bonchev–Trinajstić information content (AvgIpc) is 2.63. The molecular formula is C16H12N4O5. The van der Waals surface area contributed by atoms with Crippen LogP contribution in [-0.2, 0) is 6.54 Å². The lowest BCUT2D eigenvalue weighted by atomic mass is 10.2. The van der Waals surface area contributed by atoms with Gasteiger partial charge in [0, 0.05) is 18.7 Å². The Bertz CT molecular complexity index is 1030. The Kier molecular flexibility index (Phi) is 4.12. The van der Waals surface area contributed by atoms with E-state index in [0.717, 1.165) is 0 Å². The van der Waals surface area contributed by atoms with E-state index in [2.05, 4.69) is 10.3 Å². The third-order valence-electron chi connectivity index (χ3n) is 3.56. The minimum absolute atomic E-state index is 0.0551. The lowest BCUT2D eigenvalue weighted by Crippen LogP contribution is -2.32. The van der Waals surface area contributed by atoms with Gasteiger partial charge in [0.15, 0.2) is 0 Å². The summed E-state index contributed by atoms with van der Waals surface area (Å²) in [7, 11) is 0. The molecule has 0 bridgehead atoms. The molecule has 25 heavy (non-hydrogen) atoms. The Balaban J connectivity index is 1.81. The van der Waals surface area contributed by atoms with Crippen LogP contribution in [0.25, 0.3) is 10.9 Å². The highest BCUT2D eigenvalue weighted by Gasteiger charge is 2.17. The molecule has 1 heterocycles. The van der Waals surface area contributed by atoms with Crippen LogP contribution in [-0.4, -0.2) is 25.8 Å². The molecule has 2 aromatic carbocycles. The van der Waals surface area contributed by atoms with Gasteiger partial charge in [-0.3, -0.25) is 19.7 Å². The Morgan fingerprint density at radius 1 is 1.20 bits per heavy atom. The van der Waals surface area contributed by atoms with Gasteiger partial charge in [-0.15, -0.1) is 4.73 Å². The second-order valence-electron chi connectivity index (χ2n) is 5.18. The molecule has 0 aliphatic rings. The second-order valence-corrected chi connectivity index (χ2v) is 5.18. The van der Waals surface area contributed by atoms with E-state index in [1.54, 1.807) is 18.2 Å². The summed E-state index contributed by atoms with van der Waals surface area (Å²) in [6.07, 6.45) is 0. The quantitative estimate of drug-likeness (QED) is 0.420. The number of nitrogens with one attached hydrogen (secondary N) is 1. The summed E-state index contributed by atoms with van der Waals surface area (Å²) in [6, 6.07) is 12.0. The number of benzene rings is 2. The highest BCUT2D eigenvalue weighted by Crippen LogP contribution is 2.12. The molecule has 0 saturated heterocycles. The number of para-hydroxylation sites is 1. The third kappa shape index (κ3) is 3.15. The molecule has 0 unspecified atom stereocenters. The van der Waals surface area contributed by atoms with Crippen molar-refractivity contribution < 1.29 is 14.9 Å². The summed E-state index contributed by atoms with van der Waals surface area (Å²) in [5.41, 5.74) is 0.103. The molecule has 3 aromatic rings. The van der Waals surface area contributed by atoms with Crippen molar-refractivity contribution in [1.82, 2.24) is 15.0 Å². The molecule has 0 atom stereocenters. The van der Waals surface area contributed by atoms with Gasteiger partial charge in [-0.25, -0.2) is 4.98 Å². The molecule has 1 amide bonds. The fourth-order valence-electron chi connectivity index (χ4n) is 2.27. The Morgan fingerprint density at radius 2 is 1.88 bits per heavy atom. The highest BCUT2D eigenvalue weighted by molar-refractivity contribution is 5.92. The summed E-state index contributed by atoms with van der Waals surface area (Å²) in [6.45, 7) is 0.0551. The van der Waals surface area contributed by atoms with Gasteiger partial charge < -0.3 is 10.5 Å². The molecule has 9 nitrogen and oxygen atoms in total. The van der Waals surface area contributed by atoms with Gasteiger partial charge in [-0.05, 0) is 17.7 Å². The van der Waals surface area contributed by atoms with Gasteiger partial charge in [-0.1, -0.05) is 24.3 Å². The van der Waals surface area contributed by atoms with Crippen molar-refractivity contribution in [2.75, 3.05) is 0 Å². The van der Waals surface area contributed by atoms with E-state index in [0.29, 0.717) is 11.1 Å². The Morgan fingerprint density at radius 3 is 2.56 bits per heavy atom. The van der Waals surface area contributed by atoms with Gasteiger partial charge in [0.25, 0.3) is 17.2 Å². The maximum absolute atomic E-state index is 12.2. The topological polar surface area (TPSA) is 127 Å². The van der Waals surface area contributed by atoms with Gasteiger partial charge in [-0.2, -0.15) is 0 Å². The molecule has 0 fully saturated rings. The van der Waals surface area contributed by atoms with E-state index < -0.39 is 22.2 Å². The first-order chi connectivity index (χ1) is 12.0. The number of fused-ring (bicyclic) bond motifs is 1. The largest absolute Gasteiger partial charge is 0.423 e. The number of amides is 1. The van der Waals surface area contributed by atoms with Crippen molar-refractivity contribution in [1.29, 1.82) is 0 Å². The zero-order chi connectivity index (χ0) is 18.0. The minimum atomic E-state index is -0.747. The minimum Gasteiger partial charge on any atom is -0.423 e. The number of nitro groups is 1. The number of hydrogen-bond acceptors (Lipinski definition) is 6. The molecule has 0 aliphatic carbocycles. The number of non-ortho nitro benzene ring substituents is 1. The monoisotopic (exact) mass is 340 g/mol. The lowest BCUT2D eigenvalue weighted by Gasteiger charge is -2.08. The molecule has 0 spiro atoms. The molecule has 0 saturated carbocycles. The van der Waals surface area contributed by atoms with Gasteiger partial charge in [0.05, 0.1) is 15.8 Å². The van der Waals surface area contributed by atoms with Crippen LogP contribution in [0.5, 0.6) is 0 Å². The molecule has 126 valence electrons. The molecule has 1 aromatic heterocycles. The maximum Gasteiger partial charge on any atom is 0.294 e. The SMILES string of the molecule is O=C(NCc1ccc([N+](=O)[O-])cc1)c1nc2ccccc2c(=O)n1O. The number of carbonyl (C=O) groups excluding carboxylic acids is 1. The van der Waals surface area contributed by atoms with Crippen LogP contribution >= 0.6 is 0 Å². The summed E-state index contributed by atoms with van der Waals surface area (Å²) in [4.78, 5) is 38.3. The van der Waals surface area contributed by atoms with Crippen LogP contribution in [0.15, 0.2) is 53.3 Å². The fraction of sp³-hybridized carbons (Fsp3) is 0.0625. The molecule has 0 radical (unpaired) electrons. The van der Waals surface area contributed by atoms with E-state index >= 15 is 0 Å². The smallest absolute Gasteiger partial charge is 0.294 e. The van der Waals surface area contributed by atoms with Crippen molar-refractivity contribution in [3.05, 3.63) is 80.4 Å². The summed E-state index contributed by atoms with van der Waals surface area (Å²) in [5, 5.41) is 23.2. The van der Waals surface area contributed by atoms with E-state index in [-0.39, 0.29) is 22.3 Å². The average molecular weight is 340 g/mol. The first kappa shape index (κ1) is 16.1. The van der Waals surface area contributed by atoms with E-state index in [9.17, 15) is 24.9 Å². The second kappa shape index (κ2) is 6.40. The molecule has 2 N–H and O–H groups in total. The molecule has 3 rings (SSSR count). The number of rotatable bonds is 4. The van der Waals surface area contributed by atoms with Crippen molar-refractivity contribution >= 4 is 22.5 Å². The number of hydrogen-bond donors (Lipinski definition) is 2. The number of aromatic nitrogens is 2. The highest BCUT2D eigenvalue weighted by atomic mass is 16.6. The molecular weight excluding hydrogens is 328 g/mol. The summed E-state index contributed by atoms with van der Waals surface area (Å²) < 4.78 is 0.202. The van der Waals surface area contributed by atoms with Crippen LogP contribution < -0.4 is 10.9 Å². The zero-order valence-corrected chi connectivity index (χ0v) is 12.7. The number of nitro benzene ring substituents is 1. The van der Waals surface area contributed by atoms with E-state index in [1.807, 2.05) is 0 Å². The Hall–Kier alpha value is -3.75. The van der Waals surface area contributed by atoms with Gasteiger partial charge >= 0.3 is 0 Å². The van der Waals surface area contributed by atoms with Crippen molar-refractivity contribution in [2.45, 2.75) is 6.54 Å². The van der Waals surface area contributed by atoms with Crippen molar-refractivity contribution in [3.63, 3.8) is 0 Å². The van der Waals surface area contributed by atoms with Crippen LogP contribution in [0.3, 0.4) is 0 Å². The predicted octanol–water partition coefficient (Wildman–Crippen LogP) is 1.47. The van der Waals surface area contributed by atoms with Gasteiger partial charge in [0.1, 0.15) is 0 Å². The Labute approximate surface area is 140 Å². The normalized spacial score (nSPS) is 10.6. The lowest BCUT2D eigenvalue weighted by molar-refractivity contribution is -0.384. The van der Waals surface area contributed by atoms with Crippen LogP contribution in [0.4, 0.5) is 5.69 Å². The van der Waals surface area contributed by atoms with Crippen molar-refractivity contribution in [3.8, 4) is 0 Å². The summed E-state index contributed by atoms with van der Waals surface area (Å²) >= 11 is 0. The fourth-order valence-corrected chi connectivity index (χ4v) is 2.27. The molecule has 0 aliphatic heterocycles.